The van der Waals surface area contributed by atoms with Crippen LogP contribution in [0.5, 0.6) is 0 Å². The van der Waals surface area contributed by atoms with Crippen molar-refractivity contribution in [1.82, 2.24) is 0 Å². The molecule has 0 aromatic carbocycles. The van der Waals surface area contributed by atoms with E-state index in [4.69, 9.17) is 18.5 Å². The molecule has 0 rings (SSSR count). The van der Waals surface area contributed by atoms with Crippen LogP contribution in [0.1, 0.15) is 162 Å². The lowest BCUT2D eigenvalue weighted by molar-refractivity contribution is -0.870. The van der Waals surface area contributed by atoms with Gasteiger partial charge in [-0.1, -0.05) is 145 Å². The molecule has 0 amide bonds. The van der Waals surface area contributed by atoms with Gasteiger partial charge in [-0.25, -0.2) is 4.57 Å². The lowest BCUT2D eigenvalue weighted by atomic mass is 10.1. The van der Waals surface area contributed by atoms with E-state index >= 15 is 0 Å². The number of nitrogens with zero attached hydrogens (tertiary/aromatic N) is 1. The summed E-state index contributed by atoms with van der Waals surface area (Å²) in [6, 6.07) is 0. The second-order valence-corrected chi connectivity index (χ2v) is 16.8. The van der Waals surface area contributed by atoms with Gasteiger partial charge in [-0.3, -0.25) is 13.8 Å². The molecule has 0 aliphatic carbocycles. The molecule has 54 heavy (non-hydrogen) atoms. The highest BCUT2D eigenvalue weighted by atomic mass is 31.2. The third-order valence-corrected chi connectivity index (χ3v) is 9.80. The fraction of sp³-hybridized carbons (Fsp3) is 0.756. The summed E-state index contributed by atoms with van der Waals surface area (Å²) in [4.78, 5) is 22.9. The van der Waals surface area contributed by atoms with Gasteiger partial charge in [0.15, 0.2) is 0 Å². The fourth-order valence-corrected chi connectivity index (χ4v) is 6.21. The monoisotopic (exact) mass is 781 g/mol. The minimum absolute atomic E-state index is 0.0815. The number of carbonyl (C=O) groups excluding carboxylic acids is 1. The van der Waals surface area contributed by atoms with E-state index < -0.39 is 13.9 Å². The van der Waals surface area contributed by atoms with Crippen molar-refractivity contribution in [3.63, 3.8) is 0 Å². The molecule has 0 radical (unpaired) electrons. The van der Waals surface area contributed by atoms with Crippen LogP contribution >= 0.6 is 7.82 Å². The quantitative estimate of drug-likeness (QED) is 0.0218. The summed E-state index contributed by atoms with van der Waals surface area (Å²) in [6.45, 7) is 5.42. The van der Waals surface area contributed by atoms with Crippen LogP contribution in [-0.2, 0) is 27.9 Å². The Hall–Kier alpha value is -1.80. The van der Waals surface area contributed by atoms with E-state index in [1.165, 1.54) is 57.8 Å². The summed E-state index contributed by atoms with van der Waals surface area (Å²) < 4.78 is 35.0. The van der Waals surface area contributed by atoms with Crippen molar-refractivity contribution < 1.29 is 37.3 Å². The van der Waals surface area contributed by atoms with E-state index in [2.05, 4.69) is 74.6 Å². The summed E-state index contributed by atoms with van der Waals surface area (Å²) >= 11 is 0. The Kier molecular flexibility index (Phi) is 36.8. The molecule has 1 N–H and O–H groups in total. The maximum absolute atomic E-state index is 12.7. The minimum Gasteiger partial charge on any atom is -0.457 e. The number of rotatable bonds is 39. The number of phosphoric ester groups is 1. The number of esters is 1. The van der Waals surface area contributed by atoms with E-state index in [1.54, 1.807) is 0 Å². The van der Waals surface area contributed by atoms with E-state index in [0.717, 1.165) is 83.5 Å². The molecular weight excluding hydrogens is 697 g/mol. The van der Waals surface area contributed by atoms with Crippen molar-refractivity contribution in [2.45, 2.75) is 168 Å². The zero-order valence-electron chi connectivity index (χ0n) is 35.4. The van der Waals surface area contributed by atoms with Crippen molar-refractivity contribution >= 4 is 13.8 Å². The highest BCUT2D eigenvalue weighted by Gasteiger charge is 2.26. The fourth-order valence-electron chi connectivity index (χ4n) is 5.46. The predicted molar refractivity (Wildman–Crippen MR) is 229 cm³/mol. The number of unbranched alkanes of at least 4 members (excludes halogenated alkanes) is 15. The van der Waals surface area contributed by atoms with Crippen molar-refractivity contribution in [2.75, 3.05) is 54.1 Å². The Labute approximate surface area is 332 Å². The molecule has 0 aromatic rings. The van der Waals surface area contributed by atoms with Gasteiger partial charge in [0.2, 0.25) is 0 Å². The highest BCUT2D eigenvalue weighted by molar-refractivity contribution is 7.47. The Balaban J connectivity index is 4.27. The third-order valence-electron chi connectivity index (χ3n) is 8.81. The zero-order valence-corrected chi connectivity index (χ0v) is 36.3. The number of quaternary nitrogens is 1. The Morgan fingerprint density at radius 2 is 1.07 bits per heavy atom. The number of carbonyl (C=O) groups is 1. The second-order valence-electron chi connectivity index (χ2n) is 15.3. The van der Waals surface area contributed by atoms with E-state index in [0.29, 0.717) is 24.1 Å². The predicted octanol–water partition coefficient (Wildman–Crippen LogP) is 12.5. The summed E-state index contributed by atoms with van der Waals surface area (Å²) in [5.41, 5.74) is 0. The first kappa shape index (κ1) is 52.2. The molecule has 0 saturated heterocycles. The molecule has 0 bridgehead atoms. The average molecular weight is 781 g/mol. The lowest BCUT2D eigenvalue weighted by Crippen LogP contribution is -2.37. The van der Waals surface area contributed by atoms with Crippen LogP contribution in [0.25, 0.3) is 0 Å². The van der Waals surface area contributed by atoms with E-state index in [9.17, 15) is 14.3 Å². The summed E-state index contributed by atoms with van der Waals surface area (Å²) in [5.74, 6) is -0.333. The molecule has 0 aromatic heterocycles. The van der Waals surface area contributed by atoms with Gasteiger partial charge < -0.3 is 18.9 Å². The average Bonchev–Trinajstić information content (AvgIpc) is 3.12. The van der Waals surface area contributed by atoms with Gasteiger partial charge in [-0.2, -0.15) is 0 Å². The second kappa shape index (κ2) is 38.1. The SMILES string of the molecule is CC/C=C\C/C=C\C/C=C\CCCCCCCCCCOCC(COP(=O)(O)OCC[N+](C)(C)C)OC(=O)CCCCCCC/C=C\C/C=C\CCCC. The lowest BCUT2D eigenvalue weighted by Gasteiger charge is -2.24. The van der Waals surface area contributed by atoms with Gasteiger partial charge >= 0.3 is 13.8 Å². The van der Waals surface area contributed by atoms with E-state index in [-0.39, 0.29) is 25.8 Å². The van der Waals surface area contributed by atoms with Gasteiger partial charge in [0, 0.05) is 13.0 Å². The molecular formula is C45H83NO7P+. The maximum Gasteiger partial charge on any atom is 0.472 e. The van der Waals surface area contributed by atoms with Crippen LogP contribution in [0.2, 0.25) is 0 Å². The molecule has 8 nitrogen and oxygen atoms in total. The van der Waals surface area contributed by atoms with Gasteiger partial charge in [0.05, 0.1) is 34.4 Å². The first-order chi connectivity index (χ1) is 26.1. The maximum atomic E-state index is 12.7. The Morgan fingerprint density at radius 3 is 1.61 bits per heavy atom. The molecule has 2 unspecified atom stereocenters. The summed E-state index contributed by atoms with van der Waals surface area (Å²) in [6.07, 6.45) is 46.8. The molecule has 9 heteroatoms. The van der Waals surface area contributed by atoms with Crippen molar-refractivity contribution in [2.24, 2.45) is 0 Å². The molecule has 0 spiro atoms. The number of allylic oxidation sites excluding steroid dienone is 10. The van der Waals surface area contributed by atoms with Crippen molar-refractivity contribution in [3.05, 3.63) is 60.8 Å². The third kappa shape index (κ3) is 41.4. The molecule has 0 saturated carbocycles. The van der Waals surface area contributed by atoms with Crippen LogP contribution in [0, 0.1) is 0 Å². The standard InChI is InChI=1S/C45H82NO7P/c1-6-8-10-12-14-16-18-20-22-23-24-25-27-29-31-33-35-37-40-50-42-44(43-52-54(48,49)51-41-39-46(3,4)5)53-45(47)38-36-34-32-30-28-26-21-19-17-15-13-11-9-7-2/h8,10,13-16,19-22,44H,6-7,9,11-12,17-18,23-43H2,1-5H3/p+1/b10-8-,15-13-,16-14-,21-19-,22-20-. The summed E-state index contributed by atoms with van der Waals surface area (Å²) in [7, 11) is 1.64. The molecule has 0 fully saturated rings. The largest absolute Gasteiger partial charge is 0.472 e. The topological polar surface area (TPSA) is 91.3 Å². The first-order valence-electron chi connectivity index (χ1n) is 21.5. The van der Waals surface area contributed by atoms with Crippen LogP contribution in [0.3, 0.4) is 0 Å². The van der Waals surface area contributed by atoms with Crippen LogP contribution in [0.4, 0.5) is 0 Å². The first-order valence-corrected chi connectivity index (χ1v) is 23.0. The van der Waals surface area contributed by atoms with Crippen LogP contribution in [-0.4, -0.2) is 75.6 Å². The van der Waals surface area contributed by atoms with Gasteiger partial charge in [0.1, 0.15) is 19.3 Å². The molecule has 0 aliphatic heterocycles. The molecule has 0 heterocycles. The number of hydrogen-bond acceptors (Lipinski definition) is 6. The number of hydrogen-bond donors (Lipinski definition) is 1. The van der Waals surface area contributed by atoms with Crippen LogP contribution < -0.4 is 0 Å². The van der Waals surface area contributed by atoms with Crippen LogP contribution in [0.15, 0.2) is 60.8 Å². The molecule has 2 atom stereocenters. The number of likely N-dealkylation sites (N-methyl/N-ethyl adjacent to an activating group) is 1. The normalized spacial score (nSPS) is 14.4. The summed E-state index contributed by atoms with van der Waals surface area (Å²) in [5, 5.41) is 0. The van der Waals surface area contributed by atoms with Gasteiger partial charge in [-0.05, 0) is 70.6 Å². The Bertz CT molecular complexity index is 1050. The van der Waals surface area contributed by atoms with Gasteiger partial charge in [0.25, 0.3) is 0 Å². The Morgan fingerprint density at radius 1 is 0.593 bits per heavy atom. The van der Waals surface area contributed by atoms with Crippen molar-refractivity contribution in [1.29, 1.82) is 0 Å². The molecule has 0 aliphatic rings. The van der Waals surface area contributed by atoms with Gasteiger partial charge in [-0.15, -0.1) is 0 Å². The van der Waals surface area contributed by atoms with Crippen molar-refractivity contribution in [3.8, 4) is 0 Å². The smallest absolute Gasteiger partial charge is 0.457 e. The number of phosphoric acid groups is 1. The molecule has 314 valence electrons. The van der Waals surface area contributed by atoms with E-state index in [1.807, 2.05) is 21.1 Å². The minimum atomic E-state index is -4.28. The highest BCUT2D eigenvalue weighted by Crippen LogP contribution is 2.43. The zero-order chi connectivity index (χ0) is 39.9. The number of ether oxygens (including phenoxy) is 2.